The van der Waals surface area contributed by atoms with E-state index in [-0.39, 0.29) is 17.4 Å². The second-order valence-corrected chi connectivity index (χ2v) is 4.89. The second-order valence-electron chi connectivity index (χ2n) is 4.89. The summed E-state index contributed by atoms with van der Waals surface area (Å²) in [4.78, 5) is 12.0. The highest BCUT2D eigenvalue weighted by atomic mass is 19.1. The average molecular weight is 285 g/mol. The summed E-state index contributed by atoms with van der Waals surface area (Å²) in [7, 11) is 0. The van der Waals surface area contributed by atoms with Gasteiger partial charge in [-0.05, 0) is 48.5 Å². The average Bonchev–Trinajstić information content (AvgIpc) is 2.87. The van der Waals surface area contributed by atoms with E-state index in [1.54, 1.807) is 6.07 Å². The van der Waals surface area contributed by atoms with Crippen molar-refractivity contribution in [3.05, 3.63) is 71.9 Å². The largest absolute Gasteiger partial charge is 0.347 e. The molecule has 0 amide bonds. The maximum absolute atomic E-state index is 13.1. The Labute approximate surface area is 120 Å². The number of aryl methyl sites for hydroxylation is 1. The first-order valence-corrected chi connectivity index (χ1v) is 6.67. The van der Waals surface area contributed by atoms with E-state index in [9.17, 15) is 13.6 Å². The highest BCUT2D eigenvalue weighted by molar-refractivity contribution is 5.96. The standard InChI is InChI=1S/C17H13F2NO/c18-14-3-1-12(2-4-14)17(21)8-10-20-9-7-13-11-15(19)5-6-16(13)20/h1-7,9,11H,8,10H2. The van der Waals surface area contributed by atoms with E-state index in [0.29, 0.717) is 18.5 Å². The van der Waals surface area contributed by atoms with Crippen molar-refractivity contribution in [2.24, 2.45) is 0 Å². The molecule has 0 aliphatic rings. The predicted molar refractivity (Wildman–Crippen MR) is 77.2 cm³/mol. The number of benzene rings is 2. The van der Waals surface area contributed by atoms with E-state index in [0.717, 1.165) is 10.9 Å². The van der Waals surface area contributed by atoms with Gasteiger partial charge >= 0.3 is 0 Å². The summed E-state index contributed by atoms with van der Waals surface area (Å²) in [6, 6.07) is 11.9. The van der Waals surface area contributed by atoms with Crippen LogP contribution < -0.4 is 0 Å². The molecule has 3 rings (SSSR count). The van der Waals surface area contributed by atoms with Gasteiger partial charge in [0.05, 0.1) is 0 Å². The molecule has 0 aliphatic carbocycles. The lowest BCUT2D eigenvalue weighted by molar-refractivity contribution is 0.0977. The van der Waals surface area contributed by atoms with Gasteiger partial charge in [0.15, 0.2) is 5.78 Å². The molecule has 2 aromatic carbocycles. The molecule has 0 fully saturated rings. The van der Waals surface area contributed by atoms with Crippen LogP contribution in [0.15, 0.2) is 54.7 Å². The minimum absolute atomic E-state index is 0.0426. The number of aromatic nitrogens is 1. The first kappa shape index (κ1) is 13.5. The molecule has 0 atom stereocenters. The van der Waals surface area contributed by atoms with Gasteiger partial charge in [-0.15, -0.1) is 0 Å². The molecular formula is C17H13F2NO. The molecule has 3 aromatic rings. The normalized spacial score (nSPS) is 11.0. The third kappa shape index (κ3) is 2.84. The van der Waals surface area contributed by atoms with Crippen molar-refractivity contribution in [2.75, 3.05) is 0 Å². The van der Waals surface area contributed by atoms with Crippen LogP contribution in [0.3, 0.4) is 0 Å². The number of hydrogen-bond acceptors (Lipinski definition) is 1. The smallest absolute Gasteiger partial charge is 0.164 e. The third-order valence-electron chi connectivity index (χ3n) is 3.48. The molecule has 0 N–H and O–H groups in total. The number of carbonyl (C=O) groups excluding carboxylic acids is 1. The van der Waals surface area contributed by atoms with Crippen molar-refractivity contribution in [3.63, 3.8) is 0 Å². The Morgan fingerprint density at radius 3 is 2.43 bits per heavy atom. The van der Waals surface area contributed by atoms with Gasteiger partial charge in [0.1, 0.15) is 11.6 Å². The zero-order valence-electron chi connectivity index (χ0n) is 11.2. The van der Waals surface area contributed by atoms with Gasteiger partial charge in [0, 0.05) is 35.6 Å². The summed E-state index contributed by atoms with van der Waals surface area (Å²) in [6.07, 6.45) is 2.15. The maximum Gasteiger partial charge on any atom is 0.164 e. The third-order valence-corrected chi connectivity index (χ3v) is 3.48. The number of nitrogens with zero attached hydrogens (tertiary/aromatic N) is 1. The fourth-order valence-electron chi connectivity index (χ4n) is 2.37. The quantitative estimate of drug-likeness (QED) is 0.659. The molecule has 0 spiro atoms. The Bertz CT molecular complexity index is 790. The number of carbonyl (C=O) groups is 1. The summed E-state index contributed by atoms with van der Waals surface area (Å²) in [5.41, 5.74) is 1.39. The zero-order chi connectivity index (χ0) is 14.8. The Hall–Kier alpha value is -2.49. The molecule has 2 nitrogen and oxygen atoms in total. The van der Waals surface area contributed by atoms with Gasteiger partial charge in [0.25, 0.3) is 0 Å². The molecule has 0 bridgehead atoms. The fourth-order valence-corrected chi connectivity index (χ4v) is 2.37. The minimum Gasteiger partial charge on any atom is -0.347 e. The summed E-state index contributed by atoms with van der Waals surface area (Å²) in [5, 5.41) is 0.809. The van der Waals surface area contributed by atoms with Crippen molar-refractivity contribution < 1.29 is 13.6 Å². The number of rotatable bonds is 4. The number of hydrogen-bond donors (Lipinski definition) is 0. The second kappa shape index (κ2) is 5.48. The summed E-state index contributed by atoms with van der Waals surface area (Å²) in [5.74, 6) is -0.674. The van der Waals surface area contributed by atoms with Crippen molar-refractivity contribution in [1.82, 2.24) is 4.57 Å². The van der Waals surface area contributed by atoms with E-state index < -0.39 is 0 Å². The lowest BCUT2D eigenvalue weighted by atomic mass is 10.1. The highest BCUT2D eigenvalue weighted by Gasteiger charge is 2.08. The Morgan fingerprint density at radius 2 is 1.67 bits per heavy atom. The first-order chi connectivity index (χ1) is 10.1. The number of Topliss-reactive ketones (excluding diaryl/α,β-unsaturated/α-hetero) is 1. The summed E-state index contributed by atoms with van der Waals surface area (Å²) < 4.78 is 27.9. The van der Waals surface area contributed by atoms with Gasteiger partial charge in [0.2, 0.25) is 0 Å². The fraction of sp³-hybridized carbons (Fsp3) is 0.118. The van der Waals surface area contributed by atoms with E-state index in [1.165, 1.54) is 36.4 Å². The van der Waals surface area contributed by atoms with Crippen molar-refractivity contribution in [1.29, 1.82) is 0 Å². The van der Waals surface area contributed by atoms with E-state index in [1.807, 2.05) is 16.8 Å². The molecule has 1 heterocycles. The molecule has 4 heteroatoms. The SMILES string of the molecule is O=C(CCn1ccc2cc(F)ccc21)c1ccc(F)cc1. The Kier molecular flexibility index (Phi) is 3.52. The Morgan fingerprint density at radius 1 is 0.952 bits per heavy atom. The highest BCUT2D eigenvalue weighted by Crippen LogP contribution is 2.18. The van der Waals surface area contributed by atoms with Gasteiger partial charge in [-0.3, -0.25) is 4.79 Å². The van der Waals surface area contributed by atoms with Gasteiger partial charge < -0.3 is 4.57 Å². The molecule has 0 radical (unpaired) electrons. The van der Waals surface area contributed by atoms with Crippen LogP contribution in [-0.2, 0) is 6.54 Å². The van der Waals surface area contributed by atoms with Crippen LogP contribution >= 0.6 is 0 Å². The minimum atomic E-state index is -0.356. The number of fused-ring (bicyclic) bond motifs is 1. The van der Waals surface area contributed by atoms with Crippen LogP contribution in [0.5, 0.6) is 0 Å². The lowest BCUT2D eigenvalue weighted by Gasteiger charge is -2.05. The first-order valence-electron chi connectivity index (χ1n) is 6.67. The molecule has 21 heavy (non-hydrogen) atoms. The Balaban J connectivity index is 1.74. The monoisotopic (exact) mass is 285 g/mol. The van der Waals surface area contributed by atoms with E-state index in [4.69, 9.17) is 0 Å². The molecule has 0 saturated heterocycles. The molecule has 0 aliphatic heterocycles. The molecule has 0 unspecified atom stereocenters. The number of ketones is 1. The molecule has 1 aromatic heterocycles. The lowest BCUT2D eigenvalue weighted by Crippen LogP contribution is -2.05. The van der Waals surface area contributed by atoms with Crippen molar-refractivity contribution >= 4 is 16.7 Å². The molecular weight excluding hydrogens is 272 g/mol. The van der Waals surface area contributed by atoms with Crippen molar-refractivity contribution in [2.45, 2.75) is 13.0 Å². The van der Waals surface area contributed by atoms with Crippen LogP contribution in [0.25, 0.3) is 10.9 Å². The maximum atomic E-state index is 13.1. The summed E-state index contributed by atoms with van der Waals surface area (Å²) in [6.45, 7) is 0.505. The zero-order valence-corrected chi connectivity index (χ0v) is 11.2. The van der Waals surface area contributed by atoms with Gasteiger partial charge in [-0.1, -0.05) is 0 Å². The van der Waals surface area contributed by atoms with Crippen LogP contribution in [0.4, 0.5) is 8.78 Å². The summed E-state index contributed by atoms with van der Waals surface area (Å²) >= 11 is 0. The van der Waals surface area contributed by atoms with E-state index in [2.05, 4.69) is 0 Å². The van der Waals surface area contributed by atoms with Crippen LogP contribution in [-0.4, -0.2) is 10.4 Å². The predicted octanol–water partition coefficient (Wildman–Crippen LogP) is 4.19. The molecule has 0 saturated carbocycles. The van der Waals surface area contributed by atoms with Crippen LogP contribution in [0, 0.1) is 11.6 Å². The van der Waals surface area contributed by atoms with Crippen molar-refractivity contribution in [3.8, 4) is 0 Å². The topological polar surface area (TPSA) is 22.0 Å². The number of halogens is 2. The molecule has 106 valence electrons. The van der Waals surface area contributed by atoms with Crippen LogP contribution in [0.2, 0.25) is 0 Å². The van der Waals surface area contributed by atoms with E-state index >= 15 is 0 Å². The van der Waals surface area contributed by atoms with Crippen LogP contribution in [0.1, 0.15) is 16.8 Å². The van der Waals surface area contributed by atoms with Gasteiger partial charge in [-0.25, -0.2) is 8.78 Å². The van der Waals surface area contributed by atoms with Gasteiger partial charge in [-0.2, -0.15) is 0 Å².